The van der Waals surface area contributed by atoms with Crippen LogP contribution in [0.1, 0.15) is 26.3 Å². The van der Waals surface area contributed by atoms with E-state index >= 15 is 0 Å². The molecule has 0 aliphatic carbocycles. The van der Waals surface area contributed by atoms with Crippen LogP contribution < -0.4 is 19.8 Å². The Bertz CT molecular complexity index is 1100. The van der Waals surface area contributed by atoms with Gasteiger partial charge in [-0.25, -0.2) is 10.2 Å². The fourth-order valence-electron chi connectivity index (χ4n) is 2.65. The normalized spacial score (nSPS) is 10.5. The number of nitrogens with zero attached hydrogens (tertiary/aromatic N) is 3. The minimum Gasteiger partial charge on any atom is -0.493 e. The Morgan fingerprint density at radius 1 is 1.03 bits per heavy atom. The maximum absolute atomic E-state index is 12.3. The van der Waals surface area contributed by atoms with E-state index < -0.39 is 5.97 Å². The molecule has 0 radical (unpaired) electrons. The Labute approximate surface area is 180 Å². The first-order chi connectivity index (χ1) is 15.0. The molecule has 0 spiro atoms. The molecular weight excluding hydrogens is 396 g/mol. The Morgan fingerprint density at radius 2 is 1.84 bits per heavy atom. The lowest BCUT2D eigenvalue weighted by Gasteiger charge is -2.12. The van der Waals surface area contributed by atoms with Crippen molar-refractivity contribution in [1.82, 2.24) is 10.4 Å². The lowest BCUT2D eigenvalue weighted by atomic mass is 10.2. The van der Waals surface area contributed by atoms with Crippen molar-refractivity contribution in [2.75, 3.05) is 26.1 Å². The molecular formula is C23H22N4O4. The summed E-state index contributed by atoms with van der Waals surface area (Å²) in [6, 6.07) is 15.4. The molecule has 3 aromatic rings. The van der Waals surface area contributed by atoms with Crippen LogP contribution in [0, 0.1) is 0 Å². The zero-order valence-corrected chi connectivity index (χ0v) is 17.4. The highest BCUT2D eigenvalue weighted by Gasteiger charge is 2.13. The van der Waals surface area contributed by atoms with Crippen molar-refractivity contribution in [3.8, 4) is 11.5 Å². The standard InChI is InChI=1S/C23H22N4O4/c1-27(2)19-8-4-6-17(13-19)22(28)26-25-14-16-9-10-20(21(12-16)30-3)31-23(29)18-7-5-11-24-15-18/h4-15H,1-3H3,(H,26,28)/b25-14+. The monoisotopic (exact) mass is 418 g/mol. The van der Waals surface area contributed by atoms with Crippen molar-refractivity contribution in [3.63, 3.8) is 0 Å². The molecule has 3 rings (SSSR count). The van der Waals surface area contributed by atoms with Crippen molar-refractivity contribution in [2.24, 2.45) is 5.10 Å². The zero-order valence-electron chi connectivity index (χ0n) is 17.4. The van der Waals surface area contributed by atoms with Gasteiger partial charge in [-0.2, -0.15) is 5.10 Å². The van der Waals surface area contributed by atoms with Crippen molar-refractivity contribution in [2.45, 2.75) is 0 Å². The largest absolute Gasteiger partial charge is 0.493 e. The second-order valence-corrected chi connectivity index (χ2v) is 6.69. The van der Waals surface area contributed by atoms with E-state index in [0.717, 1.165) is 5.69 Å². The number of nitrogens with one attached hydrogen (secondary N) is 1. The SMILES string of the molecule is COc1cc(/C=N/NC(=O)c2cccc(N(C)C)c2)ccc1OC(=O)c1cccnc1. The van der Waals surface area contributed by atoms with Crippen LogP contribution in [0.2, 0.25) is 0 Å². The number of benzene rings is 2. The molecule has 0 aliphatic heterocycles. The van der Waals surface area contributed by atoms with E-state index in [1.807, 2.05) is 31.1 Å². The average Bonchev–Trinajstić information content (AvgIpc) is 2.80. The average molecular weight is 418 g/mol. The maximum atomic E-state index is 12.3. The maximum Gasteiger partial charge on any atom is 0.345 e. The van der Waals surface area contributed by atoms with Crippen LogP contribution in [0.3, 0.4) is 0 Å². The molecule has 0 fully saturated rings. The van der Waals surface area contributed by atoms with Crippen LogP contribution >= 0.6 is 0 Å². The summed E-state index contributed by atoms with van der Waals surface area (Å²) in [6.07, 6.45) is 4.47. The number of hydrogen-bond donors (Lipinski definition) is 1. The summed E-state index contributed by atoms with van der Waals surface area (Å²) < 4.78 is 10.7. The van der Waals surface area contributed by atoms with E-state index in [9.17, 15) is 9.59 Å². The Balaban J connectivity index is 1.67. The molecule has 0 unspecified atom stereocenters. The van der Waals surface area contributed by atoms with Crippen LogP contribution in [-0.2, 0) is 0 Å². The first-order valence-corrected chi connectivity index (χ1v) is 9.39. The molecule has 1 amide bonds. The summed E-state index contributed by atoms with van der Waals surface area (Å²) in [4.78, 5) is 30.3. The first-order valence-electron chi connectivity index (χ1n) is 9.39. The van der Waals surface area contributed by atoms with Gasteiger partial charge < -0.3 is 14.4 Å². The molecule has 0 bridgehead atoms. The van der Waals surface area contributed by atoms with Gasteiger partial charge in [0.1, 0.15) is 0 Å². The number of carbonyl (C=O) groups excluding carboxylic acids is 2. The van der Waals surface area contributed by atoms with Crippen LogP contribution in [0.4, 0.5) is 5.69 Å². The number of rotatable bonds is 7. The molecule has 1 aromatic heterocycles. The topological polar surface area (TPSA) is 93.1 Å². The van der Waals surface area contributed by atoms with Crippen LogP contribution in [0.25, 0.3) is 0 Å². The summed E-state index contributed by atoms with van der Waals surface area (Å²) in [7, 11) is 5.28. The third kappa shape index (κ3) is 5.66. The third-order valence-electron chi connectivity index (χ3n) is 4.29. The number of carbonyl (C=O) groups is 2. The molecule has 1 heterocycles. The quantitative estimate of drug-likeness (QED) is 0.274. The summed E-state index contributed by atoms with van der Waals surface area (Å²) in [5.74, 6) is -0.252. The van der Waals surface area contributed by atoms with E-state index in [1.165, 1.54) is 19.5 Å². The smallest absolute Gasteiger partial charge is 0.345 e. The highest BCUT2D eigenvalue weighted by Crippen LogP contribution is 2.28. The third-order valence-corrected chi connectivity index (χ3v) is 4.29. The van der Waals surface area contributed by atoms with Crippen molar-refractivity contribution < 1.29 is 19.1 Å². The van der Waals surface area contributed by atoms with Gasteiger partial charge in [0.2, 0.25) is 0 Å². The summed E-state index contributed by atoms with van der Waals surface area (Å²) in [5, 5.41) is 4.00. The van der Waals surface area contributed by atoms with Crippen LogP contribution in [0.15, 0.2) is 72.1 Å². The summed E-state index contributed by atoms with van der Waals surface area (Å²) in [5.41, 5.74) is 4.89. The molecule has 2 aromatic carbocycles. The number of ether oxygens (including phenoxy) is 2. The number of hydrazone groups is 1. The van der Waals surface area contributed by atoms with E-state index in [2.05, 4.69) is 15.5 Å². The Kier molecular flexibility index (Phi) is 6.95. The molecule has 1 N–H and O–H groups in total. The minimum absolute atomic E-state index is 0.262. The highest BCUT2D eigenvalue weighted by molar-refractivity contribution is 5.96. The number of aromatic nitrogens is 1. The minimum atomic E-state index is -0.542. The van der Waals surface area contributed by atoms with Gasteiger partial charge in [-0.3, -0.25) is 9.78 Å². The molecule has 158 valence electrons. The first kappa shape index (κ1) is 21.5. The van der Waals surface area contributed by atoms with Crippen molar-refractivity contribution in [3.05, 3.63) is 83.7 Å². The van der Waals surface area contributed by atoms with Gasteiger partial charge in [0, 0.05) is 37.7 Å². The fraction of sp³-hybridized carbons (Fsp3) is 0.130. The van der Waals surface area contributed by atoms with Crippen LogP contribution in [-0.4, -0.2) is 44.3 Å². The molecule has 0 atom stereocenters. The van der Waals surface area contributed by atoms with Crippen molar-refractivity contribution >= 4 is 23.8 Å². The molecule has 0 saturated carbocycles. The van der Waals surface area contributed by atoms with Gasteiger partial charge in [0.25, 0.3) is 5.91 Å². The van der Waals surface area contributed by atoms with Crippen LogP contribution in [0.5, 0.6) is 11.5 Å². The second kappa shape index (κ2) is 10.0. The zero-order chi connectivity index (χ0) is 22.2. The second-order valence-electron chi connectivity index (χ2n) is 6.69. The van der Waals surface area contributed by atoms with Gasteiger partial charge >= 0.3 is 5.97 Å². The lowest BCUT2D eigenvalue weighted by molar-refractivity contribution is 0.0729. The molecule has 0 saturated heterocycles. The van der Waals surface area contributed by atoms with Gasteiger partial charge in [-0.15, -0.1) is 0 Å². The Morgan fingerprint density at radius 3 is 2.55 bits per heavy atom. The lowest BCUT2D eigenvalue weighted by Crippen LogP contribution is -2.18. The van der Waals surface area contributed by atoms with E-state index in [0.29, 0.717) is 22.4 Å². The number of amides is 1. The molecule has 0 aliphatic rings. The number of pyridine rings is 1. The number of anilines is 1. The molecule has 31 heavy (non-hydrogen) atoms. The van der Waals surface area contributed by atoms with Gasteiger partial charge in [0.15, 0.2) is 11.5 Å². The van der Waals surface area contributed by atoms with Gasteiger partial charge in [0.05, 0.1) is 18.9 Å². The number of hydrogen-bond acceptors (Lipinski definition) is 7. The van der Waals surface area contributed by atoms with E-state index in [1.54, 1.807) is 48.7 Å². The predicted octanol–water partition coefficient (Wildman–Crippen LogP) is 3.14. The number of esters is 1. The predicted molar refractivity (Wildman–Crippen MR) is 118 cm³/mol. The molecule has 8 nitrogen and oxygen atoms in total. The summed E-state index contributed by atoms with van der Waals surface area (Å²) >= 11 is 0. The fourth-order valence-corrected chi connectivity index (χ4v) is 2.65. The summed E-state index contributed by atoms with van der Waals surface area (Å²) in [6.45, 7) is 0. The van der Waals surface area contributed by atoms with E-state index in [4.69, 9.17) is 9.47 Å². The van der Waals surface area contributed by atoms with E-state index in [-0.39, 0.29) is 11.7 Å². The van der Waals surface area contributed by atoms with Crippen molar-refractivity contribution in [1.29, 1.82) is 0 Å². The molecule has 8 heteroatoms. The highest BCUT2D eigenvalue weighted by atomic mass is 16.6. The van der Waals surface area contributed by atoms with Gasteiger partial charge in [-0.1, -0.05) is 6.07 Å². The number of methoxy groups -OCH3 is 1. The van der Waals surface area contributed by atoms with Gasteiger partial charge in [-0.05, 0) is 54.1 Å². The Hall–Kier alpha value is -4.20.